The fourth-order valence-corrected chi connectivity index (χ4v) is 3.72. The number of likely N-dealkylation sites (tertiary alicyclic amines) is 1. The minimum atomic E-state index is -0.299. The summed E-state index contributed by atoms with van der Waals surface area (Å²) in [5.41, 5.74) is 6.44. The number of ether oxygens (including phenoxy) is 1. The van der Waals surface area contributed by atoms with Crippen molar-refractivity contribution >= 4 is 33.4 Å². The molecule has 2 aromatic heterocycles. The number of hydrogen-bond donors (Lipinski definition) is 1. The van der Waals surface area contributed by atoms with E-state index in [9.17, 15) is 4.79 Å². The van der Waals surface area contributed by atoms with Crippen LogP contribution in [0.1, 0.15) is 25.6 Å². The smallest absolute Gasteiger partial charge is 0.409 e. The van der Waals surface area contributed by atoms with Gasteiger partial charge in [-0.15, -0.1) is 0 Å². The molecular formula is C14H18BrN5O2. The Morgan fingerprint density at radius 3 is 3.05 bits per heavy atom. The Hall–Kier alpha value is -1.83. The highest BCUT2D eigenvalue weighted by Gasteiger charge is 2.38. The lowest BCUT2D eigenvalue weighted by Gasteiger charge is -2.38. The highest BCUT2D eigenvalue weighted by atomic mass is 79.9. The highest BCUT2D eigenvalue weighted by Crippen LogP contribution is 2.36. The van der Waals surface area contributed by atoms with Gasteiger partial charge < -0.3 is 15.4 Å². The number of imidazole rings is 1. The van der Waals surface area contributed by atoms with Gasteiger partial charge in [-0.3, -0.25) is 4.40 Å². The van der Waals surface area contributed by atoms with Crippen LogP contribution < -0.4 is 5.73 Å². The van der Waals surface area contributed by atoms with E-state index in [-0.39, 0.29) is 11.5 Å². The zero-order valence-electron chi connectivity index (χ0n) is 12.5. The molecular weight excluding hydrogens is 350 g/mol. The first kappa shape index (κ1) is 15.1. The topological polar surface area (TPSA) is 85.8 Å². The van der Waals surface area contributed by atoms with Gasteiger partial charge in [0.25, 0.3) is 0 Å². The second kappa shape index (κ2) is 5.42. The normalized spacial score (nSPS) is 22.0. The summed E-state index contributed by atoms with van der Waals surface area (Å²) in [6.45, 7) is 3.38. The van der Waals surface area contributed by atoms with Crippen LogP contribution in [0.15, 0.2) is 17.0 Å². The first-order valence-electron chi connectivity index (χ1n) is 7.08. The summed E-state index contributed by atoms with van der Waals surface area (Å²) >= 11 is 3.46. The number of nitrogens with zero attached hydrogens (tertiary/aromatic N) is 4. The van der Waals surface area contributed by atoms with Crippen LogP contribution in [-0.4, -0.2) is 45.6 Å². The number of hydrogen-bond acceptors (Lipinski definition) is 5. The molecule has 0 aromatic carbocycles. The minimum Gasteiger partial charge on any atom is -0.453 e. The molecule has 1 amide bonds. The summed E-state index contributed by atoms with van der Waals surface area (Å²) in [7, 11) is 1.40. The molecule has 3 heterocycles. The molecule has 3 rings (SSSR count). The number of fused-ring (bicyclic) bond motifs is 1. The second-order valence-corrected chi connectivity index (χ2v) is 6.56. The number of aromatic nitrogens is 3. The van der Waals surface area contributed by atoms with E-state index in [0.717, 1.165) is 24.2 Å². The van der Waals surface area contributed by atoms with Gasteiger partial charge in [0.2, 0.25) is 0 Å². The van der Waals surface area contributed by atoms with E-state index >= 15 is 0 Å². The Labute approximate surface area is 136 Å². The molecule has 0 spiro atoms. The number of carbonyl (C=O) groups is 1. The number of nitrogens with two attached hydrogens (primary N) is 1. The van der Waals surface area contributed by atoms with E-state index < -0.39 is 0 Å². The lowest BCUT2D eigenvalue weighted by Crippen LogP contribution is -2.47. The Balaban J connectivity index is 2.06. The van der Waals surface area contributed by atoms with E-state index in [1.807, 2.05) is 10.6 Å². The third-order valence-electron chi connectivity index (χ3n) is 4.21. The van der Waals surface area contributed by atoms with Crippen molar-refractivity contribution in [1.82, 2.24) is 19.3 Å². The van der Waals surface area contributed by atoms with Crippen molar-refractivity contribution in [2.45, 2.75) is 25.2 Å². The summed E-state index contributed by atoms with van der Waals surface area (Å²) in [6.07, 6.45) is 5.05. The molecule has 0 radical (unpaired) electrons. The molecule has 1 saturated heterocycles. The lowest BCUT2D eigenvalue weighted by molar-refractivity contribution is 0.0946. The number of rotatable bonds is 1. The first-order chi connectivity index (χ1) is 10.5. The van der Waals surface area contributed by atoms with Crippen molar-refractivity contribution < 1.29 is 9.53 Å². The highest BCUT2D eigenvalue weighted by molar-refractivity contribution is 9.10. The van der Waals surface area contributed by atoms with Crippen LogP contribution >= 0.6 is 15.9 Å². The quantitative estimate of drug-likeness (QED) is 0.834. The molecule has 118 valence electrons. The maximum atomic E-state index is 11.8. The van der Waals surface area contributed by atoms with Crippen LogP contribution in [0.3, 0.4) is 0 Å². The van der Waals surface area contributed by atoms with Gasteiger partial charge in [-0.2, -0.15) is 0 Å². The van der Waals surface area contributed by atoms with Crippen molar-refractivity contribution in [2.24, 2.45) is 0 Å². The van der Waals surface area contributed by atoms with Crippen LogP contribution in [0.4, 0.5) is 10.6 Å². The predicted octanol–water partition coefficient (Wildman–Crippen LogP) is 2.19. The number of anilines is 1. The average Bonchev–Trinajstić information content (AvgIpc) is 2.86. The molecule has 2 N–H and O–H groups in total. The van der Waals surface area contributed by atoms with Crippen LogP contribution in [0.2, 0.25) is 0 Å². The van der Waals surface area contributed by atoms with Crippen LogP contribution in [-0.2, 0) is 10.2 Å². The van der Waals surface area contributed by atoms with Gasteiger partial charge in [-0.05, 0) is 28.8 Å². The molecule has 0 aliphatic carbocycles. The monoisotopic (exact) mass is 367 g/mol. The average molecular weight is 368 g/mol. The van der Waals surface area contributed by atoms with Gasteiger partial charge in [0.15, 0.2) is 5.82 Å². The summed E-state index contributed by atoms with van der Waals surface area (Å²) in [4.78, 5) is 22.3. The maximum Gasteiger partial charge on any atom is 0.409 e. The van der Waals surface area contributed by atoms with E-state index in [1.54, 1.807) is 11.1 Å². The Morgan fingerprint density at radius 2 is 2.32 bits per heavy atom. The lowest BCUT2D eigenvalue weighted by atomic mass is 9.81. The third-order valence-corrected chi connectivity index (χ3v) is 4.76. The standard InChI is InChI=1S/C14H18BrN5O2/c1-14(4-3-6-19(8-14)13(21)22-2)12-18-10(15)9-11(16)17-5-7-20(9)12/h5,7H,3-4,6,8H2,1-2H3,(H2,16,17). The van der Waals surface area contributed by atoms with Gasteiger partial charge in [-0.25, -0.2) is 14.8 Å². The molecule has 7 nitrogen and oxygen atoms in total. The molecule has 0 saturated carbocycles. The number of halogens is 1. The van der Waals surface area contributed by atoms with Gasteiger partial charge in [0.05, 0.1) is 7.11 Å². The fourth-order valence-electron chi connectivity index (χ4n) is 3.15. The van der Waals surface area contributed by atoms with Crippen LogP contribution in [0, 0.1) is 0 Å². The van der Waals surface area contributed by atoms with Gasteiger partial charge in [-0.1, -0.05) is 6.92 Å². The van der Waals surface area contributed by atoms with E-state index in [4.69, 9.17) is 10.5 Å². The zero-order valence-corrected chi connectivity index (χ0v) is 14.1. The van der Waals surface area contributed by atoms with E-state index in [0.29, 0.717) is 23.5 Å². The second-order valence-electron chi connectivity index (χ2n) is 5.81. The number of methoxy groups -OCH3 is 1. The predicted molar refractivity (Wildman–Crippen MR) is 85.7 cm³/mol. The molecule has 2 aromatic rings. The molecule has 1 unspecified atom stereocenters. The largest absolute Gasteiger partial charge is 0.453 e. The number of piperidine rings is 1. The zero-order chi connectivity index (χ0) is 15.9. The summed E-state index contributed by atoms with van der Waals surface area (Å²) in [5.74, 6) is 1.30. The number of amides is 1. The van der Waals surface area contributed by atoms with Crippen LogP contribution in [0.5, 0.6) is 0 Å². The molecule has 1 atom stereocenters. The van der Waals surface area contributed by atoms with Crippen molar-refractivity contribution in [2.75, 3.05) is 25.9 Å². The molecule has 1 aliphatic heterocycles. The van der Waals surface area contributed by atoms with Gasteiger partial charge >= 0.3 is 6.09 Å². The number of carbonyl (C=O) groups excluding carboxylic acids is 1. The minimum absolute atomic E-state index is 0.269. The maximum absolute atomic E-state index is 11.8. The molecule has 22 heavy (non-hydrogen) atoms. The number of nitrogen functional groups attached to an aromatic ring is 1. The van der Waals surface area contributed by atoms with E-state index in [1.165, 1.54) is 7.11 Å². The van der Waals surface area contributed by atoms with Crippen LogP contribution in [0.25, 0.3) is 5.52 Å². The first-order valence-corrected chi connectivity index (χ1v) is 7.87. The summed E-state index contributed by atoms with van der Waals surface area (Å²) < 4.78 is 7.47. The van der Waals surface area contributed by atoms with Gasteiger partial charge in [0.1, 0.15) is 15.9 Å². The Bertz CT molecular complexity index is 731. The van der Waals surface area contributed by atoms with Crippen molar-refractivity contribution in [1.29, 1.82) is 0 Å². The van der Waals surface area contributed by atoms with Gasteiger partial charge in [0, 0.05) is 30.9 Å². The Morgan fingerprint density at radius 1 is 1.55 bits per heavy atom. The summed E-state index contributed by atoms with van der Waals surface area (Å²) in [6, 6.07) is 0. The van der Waals surface area contributed by atoms with E-state index in [2.05, 4.69) is 32.8 Å². The Kier molecular flexibility index (Phi) is 3.72. The SMILES string of the molecule is COC(=O)N1CCCC(C)(c2nc(Br)c3c(N)nccn23)C1. The molecule has 1 aliphatic rings. The summed E-state index contributed by atoms with van der Waals surface area (Å²) in [5, 5.41) is 0. The third kappa shape index (κ3) is 2.31. The fraction of sp³-hybridized carbons (Fsp3) is 0.500. The van der Waals surface area contributed by atoms with Crippen molar-refractivity contribution in [3.63, 3.8) is 0 Å². The van der Waals surface area contributed by atoms with Crippen molar-refractivity contribution in [3.8, 4) is 0 Å². The molecule has 8 heteroatoms. The molecule has 1 fully saturated rings. The van der Waals surface area contributed by atoms with Crippen molar-refractivity contribution in [3.05, 3.63) is 22.8 Å². The molecule has 0 bridgehead atoms.